The van der Waals surface area contributed by atoms with Gasteiger partial charge in [0.05, 0.1) is 10.6 Å². The Kier molecular flexibility index (Phi) is 7.67. The summed E-state index contributed by atoms with van der Waals surface area (Å²) in [5.41, 5.74) is 5.73. The zero-order valence-corrected chi connectivity index (χ0v) is 19.6. The van der Waals surface area contributed by atoms with Gasteiger partial charge >= 0.3 is 5.97 Å². The van der Waals surface area contributed by atoms with Gasteiger partial charge in [-0.05, 0) is 65.6 Å². The minimum atomic E-state index is -0.472. The molecule has 170 valence electrons. The predicted octanol–water partition coefficient (Wildman–Crippen LogP) is 6.75. The number of oxime groups is 1. The molecule has 0 aliphatic heterocycles. The van der Waals surface area contributed by atoms with E-state index < -0.39 is 5.97 Å². The zero-order valence-electron chi connectivity index (χ0n) is 18.8. The summed E-state index contributed by atoms with van der Waals surface area (Å²) in [5, 5.41) is 15.6. The average molecular weight is 457 g/mol. The van der Waals surface area contributed by atoms with Crippen molar-refractivity contribution in [2.45, 2.75) is 64.7 Å². The van der Waals surface area contributed by atoms with E-state index in [4.69, 9.17) is 16.4 Å². The first-order chi connectivity index (χ1) is 15.4. The molecule has 7 heteroatoms. The highest BCUT2D eigenvalue weighted by Crippen LogP contribution is 2.54. The first kappa shape index (κ1) is 23.9. The number of nitro benzene ring substituents is 1. The summed E-state index contributed by atoms with van der Waals surface area (Å²) in [7, 11) is 0. The van der Waals surface area contributed by atoms with Gasteiger partial charge in [-0.2, -0.15) is 0 Å². The van der Waals surface area contributed by atoms with E-state index in [2.05, 4.69) is 31.1 Å². The molecule has 0 saturated heterocycles. The Bertz CT molecular complexity index is 1040. The van der Waals surface area contributed by atoms with Gasteiger partial charge in [-0.1, -0.05) is 44.0 Å². The van der Waals surface area contributed by atoms with Crippen molar-refractivity contribution in [2.75, 3.05) is 5.88 Å². The highest BCUT2D eigenvalue weighted by molar-refractivity contribution is 6.18. The fourth-order valence-corrected chi connectivity index (χ4v) is 5.02. The highest BCUT2D eigenvalue weighted by Gasteiger charge is 2.42. The molecule has 32 heavy (non-hydrogen) atoms. The normalized spacial score (nSPS) is 14.1. The number of hydrogen-bond donors (Lipinski definition) is 0. The lowest BCUT2D eigenvalue weighted by atomic mass is 9.71. The number of carbonyl (C=O) groups is 1. The van der Waals surface area contributed by atoms with Crippen LogP contribution in [0.25, 0.3) is 11.1 Å². The van der Waals surface area contributed by atoms with Gasteiger partial charge in [-0.15, -0.1) is 11.6 Å². The number of benzene rings is 2. The minimum absolute atomic E-state index is 0.118. The molecular formula is C25H29ClN2O4. The first-order valence-corrected chi connectivity index (χ1v) is 11.7. The maximum Gasteiger partial charge on any atom is 0.331 e. The first-order valence-electron chi connectivity index (χ1n) is 11.1. The Morgan fingerprint density at radius 1 is 1.09 bits per heavy atom. The Labute approximate surface area is 193 Å². The molecule has 0 atom stereocenters. The molecule has 1 aliphatic rings. The lowest BCUT2D eigenvalue weighted by Gasteiger charge is -2.32. The Balaban J connectivity index is 2.20. The van der Waals surface area contributed by atoms with Crippen LogP contribution in [0, 0.1) is 10.1 Å². The molecule has 0 saturated carbocycles. The molecule has 0 aromatic heterocycles. The average Bonchev–Trinajstić information content (AvgIpc) is 3.03. The zero-order chi connectivity index (χ0) is 23.3. The number of nitrogens with zero attached hydrogens (tertiary/aromatic N) is 2. The molecule has 3 rings (SSSR count). The number of carbonyl (C=O) groups excluding carboxylic acids is 1. The van der Waals surface area contributed by atoms with E-state index in [1.165, 1.54) is 6.92 Å². The molecule has 0 unspecified atom stereocenters. The summed E-state index contributed by atoms with van der Waals surface area (Å²) in [6, 6.07) is 11.4. The van der Waals surface area contributed by atoms with Crippen LogP contribution in [-0.4, -0.2) is 22.5 Å². The van der Waals surface area contributed by atoms with Crippen LogP contribution in [-0.2, 0) is 15.0 Å². The van der Waals surface area contributed by atoms with Crippen LogP contribution in [0.1, 0.15) is 76.0 Å². The van der Waals surface area contributed by atoms with E-state index in [0.29, 0.717) is 24.4 Å². The third-order valence-electron chi connectivity index (χ3n) is 6.07. The van der Waals surface area contributed by atoms with Crippen LogP contribution in [0.3, 0.4) is 0 Å². The van der Waals surface area contributed by atoms with Crippen molar-refractivity contribution in [3.63, 3.8) is 0 Å². The van der Waals surface area contributed by atoms with Gasteiger partial charge in [0.1, 0.15) is 0 Å². The number of fused-ring (bicyclic) bond motifs is 3. The fourth-order valence-electron chi connectivity index (χ4n) is 4.89. The van der Waals surface area contributed by atoms with E-state index in [1.54, 1.807) is 12.1 Å². The van der Waals surface area contributed by atoms with Gasteiger partial charge in [0.15, 0.2) is 0 Å². The van der Waals surface area contributed by atoms with Crippen molar-refractivity contribution >= 4 is 29.0 Å². The maximum atomic E-state index is 11.5. The van der Waals surface area contributed by atoms with Crippen molar-refractivity contribution in [3.05, 3.63) is 63.2 Å². The van der Waals surface area contributed by atoms with Gasteiger partial charge in [0.2, 0.25) is 0 Å². The standard InChI is InChI=1S/C25H29ClN2O4/c1-4-12-25(13-5-2)22-15-18(24(7-6-14-26)27-32-17(3)29)8-10-20(22)21-11-9-19(28(30)31)16-23(21)25/h8-11,15-16H,4-7,12-14H2,1-3H3/b27-24+. The Morgan fingerprint density at radius 3 is 2.28 bits per heavy atom. The molecule has 0 amide bonds. The molecular weight excluding hydrogens is 428 g/mol. The molecule has 2 aromatic rings. The summed E-state index contributed by atoms with van der Waals surface area (Å²) < 4.78 is 0. The van der Waals surface area contributed by atoms with Gasteiger partial charge < -0.3 is 4.84 Å². The Morgan fingerprint density at radius 2 is 1.72 bits per heavy atom. The van der Waals surface area contributed by atoms with Crippen molar-refractivity contribution < 1.29 is 14.6 Å². The summed E-state index contributed by atoms with van der Waals surface area (Å²) in [6.07, 6.45) is 4.98. The summed E-state index contributed by atoms with van der Waals surface area (Å²) in [5.74, 6) is 0.00920. The van der Waals surface area contributed by atoms with Gasteiger partial charge in [0.25, 0.3) is 5.69 Å². The fraction of sp³-hybridized carbons (Fsp3) is 0.440. The minimum Gasteiger partial charge on any atom is -0.318 e. The quantitative estimate of drug-likeness (QED) is 0.130. The van der Waals surface area contributed by atoms with Gasteiger partial charge in [-0.3, -0.25) is 10.1 Å². The third kappa shape index (κ3) is 4.56. The molecule has 0 bridgehead atoms. The van der Waals surface area contributed by atoms with E-state index in [1.807, 2.05) is 12.1 Å². The van der Waals surface area contributed by atoms with Crippen molar-refractivity contribution in [2.24, 2.45) is 5.16 Å². The van der Waals surface area contributed by atoms with Crippen molar-refractivity contribution in [3.8, 4) is 11.1 Å². The van der Waals surface area contributed by atoms with Gasteiger partial charge in [-0.25, -0.2) is 4.79 Å². The number of hydrogen-bond acceptors (Lipinski definition) is 5. The van der Waals surface area contributed by atoms with E-state index in [-0.39, 0.29) is 16.0 Å². The highest BCUT2D eigenvalue weighted by atomic mass is 35.5. The Hall–Kier alpha value is -2.73. The van der Waals surface area contributed by atoms with Crippen LogP contribution in [0.4, 0.5) is 5.69 Å². The lowest BCUT2D eigenvalue weighted by molar-refractivity contribution is -0.384. The van der Waals surface area contributed by atoms with Crippen LogP contribution in [0.5, 0.6) is 0 Å². The van der Waals surface area contributed by atoms with Crippen molar-refractivity contribution in [1.82, 2.24) is 0 Å². The van der Waals surface area contributed by atoms with Crippen LogP contribution in [0.15, 0.2) is 41.6 Å². The number of rotatable bonds is 10. The molecule has 1 aliphatic carbocycles. The smallest absolute Gasteiger partial charge is 0.318 e. The number of halogens is 1. The second-order valence-corrected chi connectivity index (χ2v) is 8.62. The molecule has 0 spiro atoms. The lowest BCUT2D eigenvalue weighted by Crippen LogP contribution is -2.25. The van der Waals surface area contributed by atoms with E-state index in [0.717, 1.165) is 53.5 Å². The van der Waals surface area contributed by atoms with Gasteiger partial charge in [0, 0.05) is 30.4 Å². The van der Waals surface area contributed by atoms with Crippen LogP contribution < -0.4 is 0 Å². The largest absolute Gasteiger partial charge is 0.331 e. The van der Waals surface area contributed by atoms with Crippen LogP contribution in [0.2, 0.25) is 0 Å². The second kappa shape index (κ2) is 10.3. The molecule has 0 fully saturated rings. The SMILES string of the molecule is CCCC1(CCC)c2cc(/C(CCCCl)=N/OC(C)=O)ccc2-c2ccc([N+](=O)[O-])cc21. The number of nitro groups is 1. The molecule has 0 radical (unpaired) electrons. The summed E-state index contributed by atoms with van der Waals surface area (Å²) in [4.78, 5) is 27.5. The summed E-state index contributed by atoms with van der Waals surface area (Å²) in [6.45, 7) is 5.61. The molecule has 0 heterocycles. The maximum absolute atomic E-state index is 11.5. The second-order valence-electron chi connectivity index (χ2n) is 8.24. The molecule has 0 N–H and O–H groups in total. The van der Waals surface area contributed by atoms with Crippen LogP contribution >= 0.6 is 11.6 Å². The third-order valence-corrected chi connectivity index (χ3v) is 6.34. The van der Waals surface area contributed by atoms with E-state index in [9.17, 15) is 14.9 Å². The monoisotopic (exact) mass is 456 g/mol. The van der Waals surface area contributed by atoms with E-state index >= 15 is 0 Å². The summed E-state index contributed by atoms with van der Waals surface area (Å²) >= 11 is 5.90. The molecule has 2 aromatic carbocycles. The number of non-ortho nitro benzene ring substituents is 1. The topological polar surface area (TPSA) is 81.8 Å². The predicted molar refractivity (Wildman–Crippen MR) is 127 cm³/mol. The number of alkyl halides is 1. The van der Waals surface area contributed by atoms with Crippen molar-refractivity contribution in [1.29, 1.82) is 0 Å². The molecule has 6 nitrogen and oxygen atoms in total.